The maximum Gasteiger partial charge on any atom is 0.315 e. The van der Waals surface area contributed by atoms with Crippen LogP contribution in [0.15, 0.2) is 18.6 Å². The van der Waals surface area contributed by atoms with E-state index in [1.165, 1.54) is 0 Å². The summed E-state index contributed by atoms with van der Waals surface area (Å²) >= 11 is 0. The summed E-state index contributed by atoms with van der Waals surface area (Å²) in [5.41, 5.74) is 0. The number of aromatic nitrogens is 2. The lowest BCUT2D eigenvalue weighted by atomic mass is 9.93. The van der Waals surface area contributed by atoms with Crippen LogP contribution in [0.2, 0.25) is 0 Å². The molecule has 1 fully saturated rings. The fourth-order valence-corrected chi connectivity index (χ4v) is 2.35. The highest BCUT2D eigenvalue weighted by atomic mass is 16.5. The number of hydrogen-bond donors (Lipinski definition) is 2. The summed E-state index contributed by atoms with van der Waals surface area (Å²) in [7, 11) is 1.61. The van der Waals surface area contributed by atoms with Gasteiger partial charge in [0, 0.05) is 32.1 Å². The Bertz CT molecular complexity index is 421. The van der Waals surface area contributed by atoms with E-state index in [4.69, 9.17) is 9.47 Å². The molecule has 1 aromatic heterocycles. The number of amides is 2. The normalized spacial score (nSPS) is 21.6. The summed E-state index contributed by atoms with van der Waals surface area (Å²) in [5.74, 6) is 0.561. The minimum atomic E-state index is -0.134. The first kappa shape index (κ1) is 15.5. The van der Waals surface area contributed by atoms with Crippen molar-refractivity contribution in [3.63, 3.8) is 0 Å². The molecule has 1 saturated carbocycles. The third-order valence-corrected chi connectivity index (χ3v) is 3.43. The van der Waals surface area contributed by atoms with Gasteiger partial charge in [-0.3, -0.25) is 4.98 Å². The van der Waals surface area contributed by atoms with Gasteiger partial charge in [-0.15, -0.1) is 0 Å². The number of urea groups is 1. The van der Waals surface area contributed by atoms with E-state index in [0.717, 1.165) is 25.7 Å². The maximum absolute atomic E-state index is 11.6. The molecular formula is C14H22N4O3. The third kappa shape index (κ3) is 5.55. The molecule has 1 aliphatic rings. The standard InChI is InChI=1S/C14H22N4O3/c1-20-9-8-17-14(19)18-11-2-4-12(5-3-11)21-13-10-15-6-7-16-13/h6-7,10-12H,2-5,8-9H2,1H3,(H2,17,18,19). The highest BCUT2D eigenvalue weighted by Gasteiger charge is 2.23. The zero-order chi connectivity index (χ0) is 14.9. The average molecular weight is 294 g/mol. The van der Waals surface area contributed by atoms with Crippen molar-refractivity contribution < 1.29 is 14.3 Å². The Balaban J connectivity index is 1.65. The van der Waals surface area contributed by atoms with Crippen LogP contribution in [-0.2, 0) is 4.74 Å². The molecule has 2 N–H and O–H groups in total. The van der Waals surface area contributed by atoms with E-state index in [9.17, 15) is 4.79 Å². The van der Waals surface area contributed by atoms with Gasteiger partial charge >= 0.3 is 6.03 Å². The topological polar surface area (TPSA) is 85.4 Å². The minimum Gasteiger partial charge on any atom is -0.473 e. The van der Waals surface area contributed by atoms with Crippen LogP contribution in [-0.4, -0.2) is 48.4 Å². The van der Waals surface area contributed by atoms with Crippen molar-refractivity contribution in [3.05, 3.63) is 18.6 Å². The molecule has 0 saturated heterocycles. The average Bonchev–Trinajstić information content (AvgIpc) is 2.51. The fourth-order valence-electron chi connectivity index (χ4n) is 2.35. The van der Waals surface area contributed by atoms with Gasteiger partial charge in [0.25, 0.3) is 0 Å². The zero-order valence-corrected chi connectivity index (χ0v) is 12.2. The van der Waals surface area contributed by atoms with Gasteiger partial charge in [0.1, 0.15) is 6.10 Å². The molecule has 0 aromatic carbocycles. The minimum absolute atomic E-state index is 0.134. The number of carbonyl (C=O) groups excluding carboxylic acids is 1. The lowest BCUT2D eigenvalue weighted by molar-refractivity contribution is 0.134. The summed E-state index contributed by atoms with van der Waals surface area (Å²) < 4.78 is 10.7. The highest BCUT2D eigenvalue weighted by Crippen LogP contribution is 2.22. The molecule has 21 heavy (non-hydrogen) atoms. The second-order valence-corrected chi connectivity index (χ2v) is 5.03. The monoisotopic (exact) mass is 294 g/mol. The molecule has 7 heteroatoms. The van der Waals surface area contributed by atoms with Gasteiger partial charge in [-0.1, -0.05) is 0 Å². The summed E-state index contributed by atoms with van der Waals surface area (Å²) in [6.07, 6.45) is 8.62. The van der Waals surface area contributed by atoms with Crippen molar-refractivity contribution >= 4 is 6.03 Å². The fraction of sp³-hybridized carbons (Fsp3) is 0.643. The van der Waals surface area contributed by atoms with Crippen molar-refractivity contribution in [2.45, 2.75) is 37.8 Å². The van der Waals surface area contributed by atoms with Crippen molar-refractivity contribution in [3.8, 4) is 5.88 Å². The number of nitrogens with zero attached hydrogens (tertiary/aromatic N) is 2. The molecular weight excluding hydrogens is 272 g/mol. The number of rotatable bonds is 6. The van der Waals surface area contributed by atoms with Crippen LogP contribution >= 0.6 is 0 Å². The van der Waals surface area contributed by atoms with Crippen molar-refractivity contribution in [1.82, 2.24) is 20.6 Å². The molecule has 1 aliphatic carbocycles. The predicted octanol–water partition coefficient (Wildman–Crippen LogP) is 1.11. The van der Waals surface area contributed by atoms with Gasteiger partial charge < -0.3 is 20.1 Å². The summed E-state index contributed by atoms with van der Waals surface area (Å²) in [6, 6.07) is 0.0691. The van der Waals surface area contributed by atoms with Crippen LogP contribution in [0, 0.1) is 0 Å². The molecule has 0 atom stereocenters. The quantitative estimate of drug-likeness (QED) is 0.768. The number of hydrogen-bond acceptors (Lipinski definition) is 5. The van der Waals surface area contributed by atoms with Gasteiger partial charge in [-0.25, -0.2) is 9.78 Å². The van der Waals surface area contributed by atoms with Gasteiger partial charge in [0.05, 0.1) is 12.8 Å². The lowest BCUT2D eigenvalue weighted by Crippen LogP contribution is -2.45. The SMILES string of the molecule is COCCNC(=O)NC1CCC(Oc2cnccn2)CC1. The summed E-state index contributed by atoms with van der Waals surface area (Å²) in [6.45, 7) is 1.04. The summed E-state index contributed by atoms with van der Waals surface area (Å²) in [4.78, 5) is 19.7. The van der Waals surface area contributed by atoms with Crippen LogP contribution in [0.4, 0.5) is 4.79 Å². The summed E-state index contributed by atoms with van der Waals surface area (Å²) in [5, 5.41) is 5.73. The smallest absolute Gasteiger partial charge is 0.315 e. The Morgan fingerprint density at radius 1 is 1.33 bits per heavy atom. The van der Waals surface area contributed by atoms with Gasteiger partial charge in [0.2, 0.25) is 5.88 Å². The van der Waals surface area contributed by atoms with E-state index < -0.39 is 0 Å². The zero-order valence-electron chi connectivity index (χ0n) is 12.2. The van der Waals surface area contributed by atoms with Gasteiger partial charge in [-0.2, -0.15) is 0 Å². The van der Waals surface area contributed by atoms with Gasteiger partial charge in [0.15, 0.2) is 0 Å². The molecule has 7 nitrogen and oxygen atoms in total. The molecule has 0 radical (unpaired) electrons. The van der Waals surface area contributed by atoms with E-state index in [0.29, 0.717) is 19.0 Å². The van der Waals surface area contributed by atoms with E-state index in [1.807, 2.05) is 0 Å². The first-order valence-electron chi connectivity index (χ1n) is 7.24. The van der Waals surface area contributed by atoms with E-state index in [1.54, 1.807) is 25.7 Å². The molecule has 0 aliphatic heterocycles. The predicted molar refractivity (Wildman–Crippen MR) is 77.1 cm³/mol. The Hall–Kier alpha value is -1.89. The largest absolute Gasteiger partial charge is 0.473 e. The molecule has 116 valence electrons. The van der Waals surface area contributed by atoms with Crippen LogP contribution in [0.5, 0.6) is 5.88 Å². The Labute approximate surface area is 124 Å². The van der Waals surface area contributed by atoms with Crippen molar-refractivity contribution in [2.24, 2.45) is 0 Å². The first-order valence-corrected chi connectivity index (χ1v) is 7.24. The number of ether oxygens (including phenoxy) is 2. The third-order valence-electron chi connectivity index (χ3n) is 3.43. The second-order valence-electron chi connectivity index (χ2n) is 5.03. The molecule has 1 aromatic rings. The number of methoxy groups -OCH3 is 1. The molecule has 2 amide bonds. The Kier molecular flexibility index (Phi) is 6.21. The second kappa shape index (κ2) is 8.41. The van der Waals surface area contributed by atoms with E-state index in [-0.39, 0.29) is 18.2 Å². The van der Waals surface area contributed by atoms with E-state index >= 15 is 0 Å². The highest BCUT2D eigenvalue weighted by molar-refractivity contribution is 5.74. The van der Waals surface area contributed by atoms with Crippen LogP contribution in [0.1, 0.15) is 25.7 Å². The van der Waals surface area contributed by atoms with Crippen LogP contribution in [0.3, 0.4) is 0 Å². The Morgan fingerprint density at radius 3 is 2.81 bits per heavy atom. The number of nitrogens with one attached hydrogen (secondary N) is 2. The lowest BCUT2D eigenvalue weighted by Gasteiger charge is -2.29. The molecule has 0 bridgehead atoms. The molecule has 0 spiro atoms. The van der Waals surface area contributed by atoms with Crippen molar-refractivity contribution in [2.75, 3.05) is 20.3 Å². The number of carbonyl (C=O) groups is 1. The van der Waals surface area contributed by atoms with Crippen molar-refractivity contribution in [1.29, 1.82) is 0 Å². The van der Waals surface area contributed by atoms with Gasteiger partial charge in [-0.05, 0) is 25.7 Å². The first-order chi connectivity index (χ1) is 10.3. The Morgan fingerprint density at radius 2 is 2.14 bits per heavy atom. The van der Waals surface area contributed by atoms with Crippen LogP contribution in [0.25, 0.3) is 0 Å². The van der Waals surface area contributed by atoms with Crippen LogP contribution < -0.4 is 15.4 Å². The molecule has 1 heterocycles. The maximum atomic E-state index is 11.6. The van der Waals surface area contributed by atoms with E-state index in [2.05, 4.69) is 20.6 Å². The molecule has 0 unspecified atom stereocenters. The molecule has 2 rings (SSSR count).